The van der Waals surface area contributed by atoms with Gasteiger partial charge in [-0.3, -0.25) is 0 Å². The first-order valence-electron chi connectivity index (χ1n) is 5.10. The van der Waals surface area contributed by atoms with E-state index in [1.54, 1.807) is 6.20 Å². The molecular formula is C13H17NO. The fraction of sp³-hybridized carbons (Fsp3) is 0.308. The maximum Gasteiger partial charge on any atom is 0.180 e. The van der Waals surface area contributed by atoms with Crippen molar-refractivity contribution in [3.8, 4) is 0 Å². The van der Waals surface area contributed by atoms with Crippen LogP contribution in [0.15, 0.2) is 47.3 Å². The third-order valence-electron chi connectivity index (χ3n) is 2.02. The summed E-state index contributed by atoms with van der Waals surface area (Å²) in [5.74, 6) is 1.52. The van der Waals surface area contributed by atoms with E-state index in [-0.39, 0.29) is 0 Å². The number of hydrogen-bond acceptors (Lipinski definition) is 2. The zero-order valence-electron chi connectivity index (χ0n) is 9.47. The highest BCUT2D eigenvalue weighted by molar-refractivity contribution is 5.17. The molecular weight excluding hydrogens is 186 g/mol. The molecule has 0 saturated carbocycles. The van der Waals surface area contributed by atoms with Gasteiger partial charge in [-0.25, -0.2) is 4.98 Å². The number of rotatable bonds is 1. The van der Waals surface area contributed by atoms with Gasteiger partial charge < -0.3 is 4.42 Å². The Labute approximate surface area is 91.0 Å². The Bertz CT molecular complexity index is 351. The number of oxazole rings is 1. The molecule has 0 atom stereocenters. The van der Waals surface area contributed by atoms with E-state index < -0.39 is 0 Å². The lowest BCUT2D eigenvalue weighted by Gasteiger charge is -2.01. The van der Waals surface area contributed by atoms with E-state index in [0.29, 0.717) is 5.92 Å². The molecule has 2 aromatic rings. The van der Waals surface area contributed by atoms with Crippen molar-refractivity contribution in [2.75, 3.05) is 0 Å². The third-order valence-corrected chi connectivity index (χ3v) is 2.02. The number of aromatic nitrogens is 1. The van der Waals surface area contributed by atoms with Gasteiger partial charge in [-0.1, -0.05) is 44.2 Å². The standard InChI is InChI=1S/C9H12.C4H5NO/c1-8(2)9-6-4-3-5-7-9;1-4-2-5-3-6-4/h3-8H,1-2H3;2-3H,1H3. The van der Waals surface area contributed by atoms with Crippen LogP contribution in [0.5, 0.6) is 0 Å². The van der Waals surface area contributed by atoms with E-state index in [1.165, 1.54) is 12.0 Å². The molecule has 0 radical (unpaired) electrons. The van der Waals surface area contributed by atoms with Crippen LogP contribution in [-0.4, -0.2) is 4.98 Å². The lowest BCUT2D eigenvalue weighted by Crippen LogP contribution is -1.83. The summed E-state index contributed by atoms with van der Waals surface area (Å²) >= 11 is 0. The van der Waals surface area contributed by atoms with Crippen LogP contribution in [0.1, 0.15) is 31.1 Å². The van der Waals surface area contributed by atoms with Crippen LogP contribution in [-0.2, 0) is 0 Å². The van der Waals surface area contributed by atoms with Crippen molar-refractivity contribution < 1.29 is 4.42 Å². The van der Waals surface area contributed by atoms with Crippen molar-refractivity contribution in [3.05, 3.63) is 54.2 Å². The molecule has 0 aliphatic carbocycles. The van der Waals surface area contributed by atoms with Crippen LogP contribution < -0.4 is 0 Å². The molecule has 0 saturated heterocycles. The molecule has 0 fully saturated rings. The first-order valence-corrected chi connectivity index (χ1v) is 5.10. The van der Waals surface area contributed by atoms with Gasteiger partial charge in [-0.2, -0.15) is 0 Å². The van der Waals surface area contributed by atoms with Crippen molar-refractivity contribution in [1.29, 1.82) is 0 Å². The van der Waals surface area contributed by atoms with Gasteiger partial charge in [0.2, 0.25) is 0 Å². The van der Waals surface area contributed by atoms with Gasteiger partial charge in [-0.15, -0.1) is 0 Å². The van der Waals surface area contributed by atoms with Crippen molar-refractivity contribution >= 4 is 0 Å². The Balaban J connectivity index is 0.000000162. The molecule has 0 N–H and O–H groups in total. The summed E-state index contributed by atoms with van der Waals surface area (Å²) in [4.78, 5) is 3.66. The Morgan fingerprint density at radius 3 is 2.07 bits per heavy atom. The maximum absolute atomic E-state index is 4.72. The summed E-state index contributed by atoms with van der Waals surface area (Å²) < 4.78 is 4.72. The van der Waals surface area contributed by atoms with E-state index >= 15 is 0 Å². The summed E-state index contributed by atoms with van der Waals surface area (Å²) in [6.07, 6.45) is 3.08. The Morgan fingerprint density at radius 2 is 1.80 bits per heavy atom. The van der Waals surface area contributed by atoms with Gasteiger partial charge in [-0.05, 0) is 18.4 Å². The van der Waals surface area contributed by atoms with Gasteiger partial charge in [0.1, 0.15) is 5.76 Å². The monoisotopic (exact) mass is 203 g/mol. The van der Waals surface area contributed by atoms with Crippen LogP contribution in [0.3, 0.4) is 0 Å². The first kappa shape index (κ1) is 11.5. The number of aryl methyl sites for hydroxylation is 1. The SMILES string of the molecule is CC(C)c1ccccc1.Cc1cnco1. The molecule has 1 aromatic heterocycles. The van der Waals surface area contributed by atoms with Gasteiger partial charge in [0.15, 0.2) is 6.39 Å². The highest BCUT2D eigenvalue weighted by Crippen LogP contribution is 2.11. The highest BCUT2D eigenvalue weighted by Gasteiger charge is 1.93. The normalized spacial score (nSPS) is 9.60. The average molecular weight is 203 g/mol. The second-order valence-corrected chi connectivity index (χ2v) is 3.68. The molecule has 0 bridgehead atoms. The van der Waals surface area contributed by atoms with Gasteiger partial charge in [0, 0.05) is 0 Å². The average Bonchev–Trinajstić information content (AvgIpc) is 2.71. The van der Waals surface area contributed by atoms with Gasteiger partial charge >= 0.3 is 0 Å². The fourth-order valence-electron chi connectivity index (χ4n) is 1.12. The molecule has 2 nitrogen and oxygen atoms in total. The zero-order valence-corrected chi connectivity index (χ0v) is 9.47. The molecule has 0 amide bonds. The molecule has 0 spiro atoms. The number of benzene rings is 1. The molecule has 15 heavy (non-hydrogen) atoms. The second kappa shape index (κ2) is 6.02. The lowest BCUT2D eigenvalue weighted by molar-refractivity contribution is 0.527. The molecule has 80 valence electrons. The predicted molar refractivity (Wildman–Crippen MR) is 61.8 cm³/mol. The van der Waals surface area contributed by atoms with E-state index in [2.05, 4.69) is 43.1 Å². The van der Waals surface area contributed by atoms with Crippen LogP contribution in [0.2, 0.25) is 0 Å². The maximum atomic E-state index is 4.72. The number of nitrogens with zero attached hydrogens (tertiary/aromatic N) is 1. The van der Waals surface area contributed by atoms with E-state index in [4.69, 9.17) is 4.42 Å². The first-order chi connectivity index (χ1) is 7.20. The van der Waals surface area contributed by atoms with E-state index in [9.17, 15) is 0 Å². The van der Waals surface area contributed by atoms with Crippen molar-refractivity contribution in [2.24, 2.45) is 0 Å². The Morgan fingerprint density at radius 1 is 1.13 bits per heavy atom. The largest absolute Gasteiger partial charge is 0.449 e. The van der Waals surface area contributed by atoms with Gasteiger partial charge in [0.25, 0.3) is 0 Å². The molecule has 1 heterocycles. The van der Waals surface area contributed by atoms with Gasteiger partial charge in [0.05, 0.1) is 6.20 Å². The van der Waals surface area contributed by atoms with Crippen LogP contribution in [0.25, 0.3) is 0 Å². The molecule has 1 aromatic carbocycles. The lowest BCUT2D eigenvalue weighted by atomic mass is 10.0. The zero-order chi connectivity index (χ0) is 11.1. The van der Waals surface area contributed by atoms with Crippen LogP contribution >= 0.6 is 0 Å². The van der Waals surface area contributed by atoms with Crippen molar-refractivity contribution in [2.45, 2.75) is 26.7 Å². The third kappa shape index (κ3) is 4.45. The van der Waals surface area contributed by atoms with Crippen LogP contribution in [0.4, 0.5) is 0 Å². The summed E-state index contributed by atoms with van der Waals surface area (Å²) in [5.41, 5.74) is 1.41. The number of hydrogen-bond donors (Lipinski definition) is 0. The topological polar surface area (TPSA) is 26.0 Å². The summed E-state index contributed by atoms with van der Waals surface area (Å²) in [7, 11) is 0. The Kier molecular flexibility index (Phi) is 4.61. The summed E-state index contributed by atoms with van der Waals surface area (Å²) in [6, 6.07) is 10.5. The Hall–Kier alpha value is -1.57. The minimum Gasteiger partial charge on any atom is -0.449 e. The summed E-state index contributed by atoms with van der Waals surface area (Å²) in [5, 5.41) is 0. The highest BCUT2D eigenvalue weighted by atomic mass is 16.3. The van der Waals surface area contributed by atoms with Crippen LogP contribution in [0, 0.1) is 6.92 Å². The van der Waals surface area contributed by atoms with Crippen molar-refractivity contribution in [1.82, 2.24) is 4.98 Å². The fourth-order valence-corrected chi connectivity index (χ4v) is 1.12. The molecule has 0 unspecified atom stereocenters. The molecule has 0 aliphatic heterocycles. The van der Waals surface area contributed by atoms with E-state index in [1.807, 2.05) is 13.0 Å². The predicted octanol–water partition coefficient (Wildman–Crippen LogP) is 3.79. The minimum atomic E-state index is 0.659. The van der Waals surface area contributed by atoms with E-state index in [0.717, 1.165) is 5.76 Å². The second-order valence-electron chi connectivity index (χ2n) is 3.68. The van der Waals surface area contributed by atoms with Crippen molar-refractivity contribution in [3.63, 3.8) is 0 Å². The minimum absolute atomic E-state index is 0.659. The smallest absolute Gasteiger partial charge is 0.180 e. The molecule has 0 aliphatic rings. The summed E-state index contributed by atoms with van der Waals surface area (Å²) in [6.45, 7) is 6.26. The quantitative estimate of drug-likeness (QED) is 0.704. The molecule has 2 rings (SSSR count). The molecule has 2 heteroatoms.